The third-order valence-corrected chi connectivity index (χ3v) is 3.06. The number of hydrogen-bond acceptors (Lipinski definition) is 4. The highest BCUT2D eigenvalue weighted by Gasteiger charge is 2.10. The standard InChI is InChI=1S/C16H21FN2O2/c1-11(2)9-18-7-6-16-19-10-15(21-16)12-4-5-14(20-3)13(17)8-12/h4-5,8,10-11,18H,6-7,9H2,1-3H3. The van der Waals surface area contributed by atoms with E-state index in [9.17, 15) is 4.39 Å². The summed E-state index contributed by atoms with van der Waals surface area (Å²) < 4.78 is 24.2. The molecule has 1 heterocycles. The van der Waals surface area contributed by atoms with E-state index >= 15 is 0 Å². The molecule has 0 amide bonds. The van der Waals surface area contributed by atoms with Gasteiger partial charge in [-0.05, 0) is 30.7 Å². The lowest BCUT2D eigenvalue weighted by Crippen LogP contribution is -2.22. The minimum Gasteiger partial charge on any atom is -0.494 e. The molecule has 0 aliphatic rings. The van der Waals surface area contributed by atoms with Gasteiger partial charge in [-0.25, -0.2) is 9.37 Å². The Labute approximate surface area is 124 Å². The summed E-state index contributed by atoms with van der Waals surface area (Å²) in [5, 5.41) is 3.33. The van der Waals surface area contributed by atoms with Crippen molar-refractivity contribution in [3.8, 4) is 17.1 Å². The second kappa shape index (κ2) is 7.22. The van der Waals surface area contributed by atoms with E-state index in [1.807, 2.05) is 0 Å². The zero-order chi connectivity index (χ0) is 15.2. The van der Waals surface area contributed by atoms with E-state index in [1.165, 1.54) is 13.2 Å². The lowest BCUT2D eigenvalue weighted by Gasteiger charge is -2.05. The number of aromatic nitrogens is 1. The molecule has 2 aromatic rings. The molecule has 0 radical (unpaired) electrons. The van der Waals surface area contributed by atoms with Crippen LogP contribution in [0.2, 0.25) is 0 Å². The Hall–Kier alpha value is -1.88. The molecule has 1 N–H and O–H groups in total. The first-order chi connectivity index (χ1) is 10.1. The van der Waals surface area contributed by atoms with Gasteiger partial charge in [-0.15, -0.1) is 0 Å². The van der Waals surface area contributed by atoms with Crippen LogP contribution < -0.4 is 10.1 Å². The van der Waals surface area contributed by atoms with Crippen molar-refractivity contribution >= 4 is 0 Å². The minimum absolute atomic E-state index is 0.219. The van der Waals surface area contributed by atoms with Gasteiger partial charge >= 0.3 is 0 Å². The van der Waals surface area contributed by atoms with Crippen LogP contribution in [0.3, 0.4) is 0 Å². The quantitative estimate of drug-likeness (QED) is 0.796. The normalized spacial score (nSPS) is 11.1. The SMILES string of the molecule is COc1ccc(-c2cnc(CCNCC(C)C)o2)cc1F. The van der Waals surface area contributed by atoms with Crippen LogP contribution in [-0.2, 0) is 6.42 Å². The van der Waals surface area contributed by atoms with Gasteiger partial charge in [-0.3, -0.25) is 0 Å². The topological polar surface area (TPSA) is 47.3 Å². The van der Waals surface area contributed by atoms with Gasteiger partial charge in [0.1, 0.15) is 0 Å². The van der Waals surface area contributed by atoms with Crippen LogP contribution in [0.1, 0.15) is 19.7 Å². The fraction of sp³-hybridized carbons (Fsp3) is 0.438. The van der Waals surface area contributed by atoms with E-state index in [4.69, 9.17) is 9.15 Å². The van der Waals surface area contributed by atoms with Crippen molar-refractivity contribution < 1.29 is 13.5 Å². The van der Waals surface area contributed by atoms with Crippen LogP contribution in [0, 0.1) is 11.7 Å². The number of halogens is 1. The van der Waals surface area contributed by atoms with Crippen molar-refractivity contribution in [2.45, 2.75) is 20.3 Å². The van der Waals surface area contributed by atoms with Crippen molar-refractivity contribution in [1.29, 1.82) is 0 Å². The van der Waals surface area contributed by atoms with Crippen molar-refractivity contribution in [1.82, 2.24) is 10.3 Å². The van der Waals surface area contributed by atoms with Crippen LogP contribution in [-0.4, -0.2) is 25.2 Å². The molecule has 0 spiro atoms. The molecule has 0 fully saturated rings. The van der Waals surface area contributed by atoms with Crippen molar-refractivity contribution in [3.63, 3.8) is 0 Å². The lowest BCUT2D eigenvalue weighted by atomic mass is 10.2. The summed E-state index contributed by atoms with van der Waals surface area (Å²) in [6.07, 6.45) is 2.34. The Morgan fingerprint density at radius 2 is 2.19 bits per heavy atom. The first kappa shape index (κ1) is 15.5. The highest BCUT2D eigenvalue weighted by Crippen LogP contribution is 2.26. The van der Waals surface area contributed by atoms with Gasteiger partial charge in [0.15, 0.2) is 23.2 Å². The van der Waals surface area contributed by atoms with Gasteiger partial charge in [-0.1, -0.05) is 13.8 Å². The van der Waals surface area contributed by atoms with Gasteiger partial charge < -0.3 is 14.5 Å². The number of oxazole rings is 1. The highest BCUT2D eigenvalue weighted by molar-refractivity contribution is 5.57. The summed E-state index contributed by atoms with van der Waals surface area (Å²) in [5.41, 5.74) is 0.655. The first-order valence-corrected chi connectivity index (χ1v) is 7.09. The van der Waals surface area contributed by atoms with Crippen molar-refractivity contribution in [2.75, 3.05) is 20.2 Å². The van der Waals surface area contributed by atoms with Crippen LogP contribution in [0.5, 0.6) is 5.75 Å². The third kappa shape index (κ3) is 4.29. The summed E-state index contributed by atoms with van der Waals surface area (Å²) in [6.45, 7) is 6.11. The zero-order valence-electron chi connectivity index (χ0n) is 12.6. The highest BCUT2D eigenvalue weighted by atomic mass is 19.1. The van der Waals surface area contributed by atoms with Gasteiger partial charge in [-0.2, -0.15) is 0 Å². The van der Waals surface area contributed by atoms with Crippen molar-refractivity contribution in [2.24, 2.45) is 5.92 Å². The molecule has 0 bridgehead atoms. The third-order valence-electron chi connectivity index (χ3n) is 3.06. The minimum atomic E-state index is -0.411. The number of rotatable bonds is 7. The smallest absolute Gasteiger partial charge is 0.196 e. The van der Waals surface area contributed by atoms with Gasteiger partial charge in [0.25, 0.3) is 0 Å². The molecule has 0 unspecified atom stereocenters. The largest absolute Gasteiger partial charge is 0.494 e. The second-order valence-corrected chi connectivity index (χ2v) is 5.32. The molecular formula is C16H21FN2O2. The number of methoxy groups -OCH3 is 1. The van der Waals surface area contributed by atoms with E-state index in [-0.39, 0.29) is 5.75 Å². The maximum absolute atomic E-state index is 13.7. The maximum atomic E-state index is 13.7. The van der Waals surface area contributed by atoms with E-state index < -0.39 is 5.82 Å². The predicted octanol–water partition coefficient (Wildman–Crippen LogP) is 3.28. The summed E-state index contributed by atoms with van der Waals surface area (Å²) in [7, 11) is 1.44. The zero-order valence-corrected chi connectivity index (χ0v) is 12.6. The molecular weight excluding hydrogens is 271 g/mol. The molecule has 21 heavy (non-hydrogen) atoms. The Balaban J connectivity index is 1.97. The first-order valence-electron chi connectivity index (χ1n) is 7.09. The predicted molar refractivity (Wildman–Crippen MR) is 79.9 cm³/mol. The molecule has 114 valence electrons. The average Bonchev–Trinajstić information content (AvgIpc) is 2.92. The van der Waals surface area contributed by atoms with Crippen LogP contribution >= 0.6 is 0 Å². The average molecular weight is 292 g/mol. The molecule has 0 atom stereocenters. The van der Waals surface area contributed by atoms with Gasteiger partial charge in [0.05, 0.1) is 13.3 Å². The van der Waals surface area contributed by atoms with Crippen molar-refractivity contribution in [3.05, 3.63) is 36.1 Å². The fourth-order valence-electron chi connectivity index (χ4n) is 1.97. The van der Waals surface area contributed by atoms with E-state index in [1.54, 1.807) is 18.3 Å². The Bertz CT molecular complexity index is 581. The number of benzene rings is 1. The van der Waals surface area contributed by atoms with E-state index in [2.05, 4.69) is 24.1 Å². The van der Waals surface area contributed by atoms with Crippen LogP contribution in [0.25, 0.3) is 11.3 Å². The Kier molecular flexibility index (Phi) is 5.33. The van der Waals surface area contributed by atoms with E-state index in [0.717, 1.165) is 13.1 Å². The number of ether oxygens (including phenoxy) is 1. The van der Waals surface area contributed by atoms with Crippen LogP contribution in [0.15, 0.2) is 28.8 Å². The Morgan fingerprint density at radius 1 is 1.38 bits per heavy atom. The molecule has 5 heteroatoms. The van der Waals surface area contributed by atoms with Crippen LogP contribution in [0.4, 0.5) is 4.39 Å². The number of nitrogens with one attached hydrogen (secondary N) is 1. The molecule has 0 aliphatic carbocycles. The maximum Gasteiger partial charge on any atom is 0.196 e. The molecule has 0 saturated heterocycles. The Morgan fingerprint density at radius 3 is 2.86 bits per heavy atom. The summed E-state index contributed by atoms with van der Waals surface area (Å²) >= 11 is 0. The summed E-state index contributed by atoms with van der Waals surface area (Å²) in [5.74, 6) is 1.64. The second-order valence-electron chi connectivity index (χ2n) is 5.32. The lowest BCUT2D eigenvalue weighted by molar-refractivity contribution is 0.386. The molecule has 4 nitrogen and oxygen atoms in total. The molecule has 0 aliphatic heterocycles. The fourth-order valence-corrected chi connectivity index (χ4v) is 1.97. The van der Waals surface area contributed by atoms with Gasteiger partial charge in [0, 0.05) is 18.5 Å². The molecule has 0 saturated carbocycles. The number of hydrogen-bond donors (Lipinski definition) is 1. The van der Waals surface area contributed by atoms with Gasteiger partial charge in [0.2, 0.25) is 0 Å². The van der Waals surface area contributed by atoms with E-state index in [0.29, 0.717) is 29.6 Å². The number of nitrogens with zero attached hydrogens (tertiary/aromatic N) is 1. The monoisotopic (exact) mass is 292 g/mol. The molecule has 1 aromatic heterocycles. The molecule has 2 rings (SSSR count). The molecule has 1 aromatic carbocycles. The summed E-state index contributed by atoms with van der Waals surface area (Å²) in [6, 6.07) is 4.72. The summed E-state index contributed by atoms with van der Waals surface area (Å²) in [4.78, 5) is 4.22.